The SMILES string of the molecule is COc1cccc(CN(C(=O)COc2cc(C)c(Br)c(C)c2)[C@H](C)C(=O)NC2CCCCC2)c1. The lowest BCUT2D eigenvalue weighted by Crippen LogP contribution is -2.51. The Bertz CT molecular complexity index is 981. The van der Waals surface area contributed by atoms with Gasteiger partial charge in [0, 0.05) is 17.1 Å². The molecule has 1 fully saturated rings. The second kappa shape index (κ2) is 12.2. The van der Waals surface area contributed by atoms with Crippen molar-refractivity contribution in [2.24, 2.45) is 0 Å². The summed E-state index contributed by atoms with van der Waals surface area (Å²) >= 11 is 3.56. The summed E-state index contributed by atoms with van der Waals surface area (Å²) in [6.07, 6.45) is 5.47. The zero-order chi connectivity index (χ0) is 24.7. The molecule has 3 rings (SSSR count). The molecule has 1 N–H and O–H groups in total. The monoisotopic (exact) mass is 530 g/mol. The summed E-state index contributed by atoms with van der Waals surface area (Å²) < 4.78 is 12.2. The van der Waals surface area contributed by atoms with E-state index in [1.54, 1.807) is 18.9 Å². The molecule has 34 heavy (non-hydrogen) atoms. The summed E-state index contributed by atoms with van der Waals surface area (Å²) in [6.45, 7) is 5.89. The van der Waals surface area contributed by atoms with Crippen molar-refractivity contribution in [2.75, 3.05) is 13.7 Å². The molecule has 0 aliphatic heterocycles. The minimum absolute atomic E-state index is 0.126. The number of ether oxygens (including phenoxy) is 2. The van der Waals surface area contributed by atoms with E-state index in [4.69, 9.17) is 9.47 Å². The molecule has 1 aliphatic carbocycles. The van der Waals surface area contributed by atoms with E-state index in [1.165, 1.54) is 6.42 Å². The van der Waals surface area contributed by atoms with E-state index in [2.05, 4.69) is 21.2 Å². The fourth-order valence-corrected chi connectivity index (χ4v) is 4.57. The third kappa shape index (κ3) is 6.98. The van der Waals surface area contributed by atoms with Crippen molar-refractivity contribution in [3.63, 3.8) is 0 Å². The summed E-state index contributed by atoms with van der Waals surface area (Å²) in [5.41, 5.74) is 2.96. The molecule has 1 aliphatic rings. The minimum atomic E-state index is -0.627. The van der Waals surface area contributed by atoms with E-state index in [9.17, 15) is 9.59 Å². The second-order valence-electron chi connectivity index (χ2n) is 9.05. The summed E-state index contributed by atoms with van der Waals surface area (Å²) in [5.74, 6) is 0.972. The summed E-state index contributed by atoms with van der Waals surface area (Å²) in [7, 11) is 1.61. The number of carbonyl (C=O) groups excluding carboxylic acids is 2. The average Bonchev–Trinajstić information content (AvgIpc) is 2.84. The van der Waals surface area contributed by atoms with Crippen LogP contribution in [-0.4, -0.2) is 42.5 Å². The van der Waals surface area contributed by atoms with Crippen LogP contribution in [0.15, 0.2) is 40.9 Å². The van der Waals surface area contributed by atoms with Crippen LogP contribution in [0.2, 0.25) is 0 Å². The van der Waals surface area contributed by atoms with Crippen LogP contribution < -0.4 is 14.8 Å². The van der Waals surface area contributed by atoms with E-state index in [0.29, 0.717) is 11.5 Å². The number of benzene rings is 2. The molecule has 184 valence electrons. The van der Waals surface area contributed by atoms with Gasteiger partial charge in [-0.2, -0.15) is 0 Å². The smallest absolute Gasteiger partial charge is 0.261 e. The first-order chi connectivity index (χ1) is 16.3. The molecule has 6 nitrogen and oxygen atoms in total. The maximum absolute atomic E-state index is 13.3. The van der Waals surface area contributed by atoms with Gasteiger partial charge in [0.2, 0.25) is 5.91 Å². The van der Waals surface area contributed by atoms with Crippen LogP contribution in [0.4, 0.5) is 0 Å². The van der Waals surface area contributed by atoms with Crippen LogP contribution in [0.5, 0.6) is 11.5 Å². The van der Waals surface area contributed by atoms with Crippen molar-refractivity contribution < 1.29 is 19.1 Å². The first-order valence-corrected chi connectivity index (χ1v) is 12.7. The van der Waals surface area contributed by atoms with Crippen LogP contribution in [-0.2, 0) is 16.1 Å². The Morgan fingerprint density at radius 2 is 1.76 bits per heavy atom. The highest BCUT2D eigenvalue weighted by Gasteiger charge is 2.28. The molecule has 0 bridgehead atoms. The molecule has 0 heterocycles. The molecule has 0 unspecified atom stereocenters. The topological polar surface area (TPSA) is 67.9 Å². The van der Waals surface area contributed by atoms with Crippen molar-refractivity contribution in [1.29, 1.82) is 0 Å². The third-order valence-corrected chi connectivity index (χ3v) is 7.63. The first kappa shape index (κ1) is 26.1. The van der Waals surface area contributed by atoms with Crippen molar-refractivity contribution >= 4 is 27.7 Å². The number of amides is 2. The molecule has 0 aromatic heterocycles. The summed E-state index contributed by atoms with van der Waals surface area (Å²) in [4.78, 5) is 28.0. The zero-order valence-electron chi connectivity index (χ0n) is 20.5. The van der Waals surface area contributed by atoms with Crippen LogP contribution >= 0.6 is 15.9 Å². The van der Waals surface area contributed by atoms with Gasteiger partial charge in [0.15, 0.2) is 6.61 Å². The molecule has 1 saturated carbocycles. The number of carbonyl (C=O) groups is 2. The lowest BCUT2D eigenvalue weighted by molar-refractivity contribution is -0.142. The third-order valence-electron chi connectivity index (χ3n) is 6.38. The van der Waals surface area contributed by atoms with Crippen molar-refractivity contribution in [1.82, 2.24) is 10.2 Å². The van der Waals surface area contributed by atoms with Crippen LogP contribution in [0, 0.1) is 13.8 Å². The van der Waals surface area contributed by atoms with Gasteiger partial charge in [-0.25, -0.2) is 0 Å². The molecule has 1 atom stereocenters. The second-order valence-corrected chi connectivity index (χ2v) is 9.85. The van der Waals surface area contributed by atoms with Gasteiger partial charge in [-0.3, -0.25) is 9.59 Å². The van der Waals surface area contributed by atoms with Crippen molar-refractivity contribution in [3.8, 4) is 11.5 Å². The fourth-order valence-electron chi connectivity index (χ4n) is 4.34. The molecular formula is C27H35BrN2O4. The minimum Gasteiger partial charge on any atom is -0.497 e. The Morgan fingerprint density at radius 1 is 1.09 bits per heavy atom. The standard InChI is InChI=1S/C27H35BrN2O4/c1-18-13-24(14-19(2)26(18)28)34-17-25(31)30(16-21-9-8-12-23(15-21)33-4)20(3)27(32)29-22-10-6-5-7-11-22/h8-9,12-15,20,22H,5-7,10-11,16-17H2,1-4H3,(H,29,32)/t20-/m1/s1. The quantitative estimate of drug-likeness (QED) is 0.476. The number of hydrogen-bond acceptors (Lipinski definition) is 4. The van der Waals surface area contributed by atoms with E-state index in [0.717, 1.165) is 46.8 Å². The first-order valence-electron chi connectivity index (χ1n) is 11.9. The largest absolute Gasteiger partial charge is 0.497 e. The van der Waals surface area contributed by atoms with Crippen molar-refractivity contribution in [2.45, 2.75) is 71.5 Å². The number of halogens is 1. The van der Waals surface area contributed by atoms with Gasteiger partial charge < -0.3 is 19.7 Å². The number of nitrogens with zero attached hydrogens (tertiary/aromatic N) is 1. The lowest BCUT2D eigenvalue weighted by Gasteiger charge is -2.31. The molecule has 2 aromatic rings. The number of rotatable bonds is 9. The highest BCUT2D eigenvalue weighted by molar-refractivity contribution is 9.10. The number of nitrogens with one attached hydrogen (secondary N) is 1. The molecule has 2 amide bonds. The highest BCUT2D eigenvalue weighted by atomic mass is 79.9. The molecule has 2 aromatic carbocycles. The number of hydrogen-bond donors (Lipinski definition) is 1. The summed E-state index contributed by atoms with van der Waals surface area (Å²) in [6, 6.07) is 10.9. The Balaban J connectivity index is 1.75. The molecule has 7 heteroatoms. The predicted molar refractivity (Wildman–Crippen MR) is 137 cm³/mol. The fraction of sp³-hybridized carbons (Fsp3) is 0.481. The van der Waals surface area contributed by atoms with Gasteiger partial charge in [0.1, 0.15) is 17.5 Å². The van der Waals surface area contributed by atoms with Gasteiger partial charge in [0.25, 0.3) is 5.91 Å². The Labute approximate surface area is 211 Å². The Morgan fingerprint density at radius 3 is 2.41 bits per heavy atom. The normalized spacial score (nSPS) is 14.9. The molecule has 0 radical (unpaired) electrons. The Hall–Kier alpha value is -2.54. The van der Waals surface area contributed by atoms with E-state index < -0.39 is 6.04 Å². The van der Waals surface area contributed by atoms with E-state index in [-0.39, 0.29) is 31.0 Å². The van der Waals surface area contributed by atoms with Crippen LogP contribution in [0.25, 0.3) is 0 Å². The molecule has 0 spiro atoms. The number of methoxy groups -OCH3 is 1. The van der Waals surface area contributed by atoms with E-state index in [1.807, 2.05) is 50.2 Å². The molecule has 0 saturated heterocycles. The maximum Gasteiger partial charge on any atom is 0.261 e. The highest BCUT2D eigenvalue weighted by Crippen LogP contribution is 2.26. The van der Waals surface area contributed by atoms with Crippen LogP contribution in [0.1, 0.15) is 55.7 Å². The zero-order valence-corrected chi connectivity index (χ0v) is 22.1. The lowest BCUT2D eigenvalue weighted by atomic mass is 9.95. The van der Waals surface area contributed by atoms with Gasteiger partial charge in [-0.15, -0.1) is 0 Å². The number of aryl methyl sites for hydroxylation is 2. The Kier molecular flexibility index (Phi) is 9.39. The van der Waals surface area contributed by atoms with Gasteiger partial charge in [0.05, 0.1) is 7.11 Å². The summed E-state index contributed by atoms with van der Waals surface area (Å²) in [5, 5.41) is 3.15. The predicted octanol–water partition coefficient (Wildman–Crippen LogP) is 5.32. The average molecular weight is 531 g/mol. The van der Waals surface area contributed by atoms with Gasteiger partial charge >= 0.3 is 0 Å². The van der Waals surface area contributed by atoms with Crippen molar-refractivity contribution in [3.05, 3.63) is 57.6 Å². The van der Waals surface area contributed by atoms with Gasteiger partial charge in [-0.05, 0) is 74.6 Å². The van der Waals surface area contributed by atoms with Crippen LogP contribution in [0.3, 0.4) is 0 Å². The van der Waals surface area contributed by atoms with E-state index >= 15 is 0 Å². The maximum atomic E-state index is 13.3. The molecular weight excluding hydrogens is 496 g/mol. The van der Waals surface area contributed by atoms with Gasteiger partial charge in [-0.1, -0.05) is 47.3 Å².